The molecule has 4 aromatic heterocycles. The van der Waals surface area contributed by atoms with Crippen LogP contribution in [0.2, 0.25) is 0 Å². The minimum atomic E-state index is -0.140. The van der Waals surface area contributed by atoms with Gasteiger partial charge in [-0.3, -0.25) is 19.6 Å². The molecule has 184 valence electrons. The van der Waals surface area contributed by atoms with E-state index in [1.54, 1.807) is 24.8 Å². The van der Waals surface area contributed by atoms with E-state index >= 15 is 0 Å². The molecule has 0 bridgehead atoms. The van der Waals surface area contributed by atoms with Crippen LogP contribution in [0.5, 0.6) is 0 Å². The number of anilines is 2. The van der Waals surface area contributed by atoms with Crippen LogP contribution in [0.3, 0.4) is 0 Å². The van der Waals surface area contributed by atoms with E-state index in [0.29, 0.717) is 10.3 Å². The van der Waals surface area contributed by atoms with E-state index in [1.807, 2.05) is 24.3 Å². The molecular formula is C24H24N8O2S2. The maximum absolute atomic E-state index is 12.3. The highest BCUT2D eigenvalue weighted by Crippen LogP contribution is 2.43. The van der Waals surface area contributed by atoms with Gasteiger partial charge < -0.3 is 10.6 Å². The van der Waals surface area contributed by atoms with Gasteiger partial charge in [0, 0.05) is 36.6 Å². The zero-order valence-corrected chi connectivity index (χ0v) is 21.0. The molecule has 0 spiro atoms. The minimum absolute atomic E-state index is 0.140. The van der Waals surface area contributed by atoms with Gasteiger partial charge in [-0.05, 0) is 42.5 Å². The molecule has 1 fully saturated rings. The number of carbonyl (C=O) groups is 2. The van der Waals surface area contributed by atoms with Crippen LogP contribution < -0.4 is 10.6 Å². The van der Waals surface area contributed by atoms with Crippen LogP contribution in [0.15, 0.2) is 49.1 Å². The van der Waals surface area contributed by atoms with Gasteiger partial charge in [0.05, 0.1) is 12.8 Å². The average molecular weight is 521 g/mol. The van der Waals surface area contributed by atoms with E-state index in [2.05, 4.69) is 41.0 Å². The maximum Gasteiger partial charge on any atom is 0.230 e. The molecule has 0 aromatic carbocycles. The normalized spacial score (nSPS) is 17.4. The third kappa shape index (κ3) is 6.32. The third-order valence-electron chi connectivity index (χ3n) is 5.92. The molecule has 12 heteroatoms. The average Bonchev–Trinajstić information content (AvgIpc) is 3.55. The number of hydrogen-bond acceptors (Lipinski definition) is 10. The Morgan fingerprint density at radius 1 is 0.778 bits per heavy atom. The van der Waals surface area contributed by atoms with Crippen molar-refractivity contribution < 1.29 is 9.59 Å². The van der Waals surface area contributed by atoms with Gasteiger partial charge in [0.15, 0.2) is 0 Å². The predicted molar refractivity (Wildman–Crippen MR) is 137 cm³/mol. The first-order valence-electron chi connectivity index (χ1n) is 11.7. The second kappa shape index (κ2) is 11.4. The molecule has 0 aliphatic heterocycles. The van der Waals surface area contributed by atoms with Crippen molar-refractivity contribution in [3.8, 4) is 0 Å². The molecule has 4 heterocycles. The van der Waals surface area contributed by atoms with E-state index in [9.17, 15) is 9.59 Å². The van der Waals surface area contributed by atoms with Crippen molar-refractivity contribution in [3.05, 3.63) is 70.2 Å². The number of carbonyl (C=O) groups excluding carboxylic acids is 2. The first kappa shape index (κ1) is 24.1. The van der Waals surface area contributed by atoms with E-state index < -0.39 is 0 Å². The van der Waals surface area contributed by atoms with Crippen molar-refractivity contribution in [1.29, 1.82) is 0 Å². The van der Waals surface area contributed by atoms with Crippen LogP contribution in [0.1, 0.15) is 58.7 Å². The van der Waals surface area contributed by atoms with Crippen LogP contribution in [0.4, 0.5) is 10.3 Å². The maximum atomic E-state index is 12.3. The van der Waals surface area contributed by atoms with Gasteiger partial charge in [0.25, 0.3) is 0 Å². The molecule has 36 heavy (non-hydrogen) atoms. The third-order valence-corrected chi connectivity index (χ3v) is 7.92. The monoisotopic (exact) mass is 520 g/mol. The number of aromatic nitrogens is 6. The van der Waals surface area contributed by atoms with Crippen LogP contribution in [0, 0.1) is 0 Å². The summed E-state index contributed by atoms with van der Waals surface area (Å²) in [6.07, 6.45) is 11.2. The molecule has 4 aromatic rings. The van der Waals surface area contributed by atoms with Crippen LogP contribution in [-0.2, 0) is 22.4 Å². The number of hydrogen-bond donors (Lipinski definition) is 2. The Morgan fingerprint density at radius 3 is 1.72 bits per heavy atom. The van der Waals surface area contributed by atoms with E-state index in [0.717, 1.165) is 46.8 Å². The smallest absolute Gasteiger partial charge is 0.230 e. The van der Waals surface area contributed by atoms with Gasteiger partial charge in [0.1, 0.15) is 10.0 Å². The Labute approximate surface area is 215 Å². The molecule has 0 saturated heterocycles. The van der Waals surface area contributed by atoms with Crippen molar-refractivity contribution in [1.82, 2.24) is 30.4 Å². The summed E-state index contributed by atoms with van der Waals surface area (Å²) in [6, 6.07) is 7.35. The lowest BCUT2D eigenvalue weighted by Crippen LogP contribution is -2.14. The molecule has 2 N–H and O–H groups in total. The second-order valence-corrected chi connectivity index (χ2v) is 10.6. The highest BCUT2D eigenvalue weighted by atomic mass is 32.1. The van der Waals surface area contributed by atoms with Crippen molar-refractivity contribution in [2.24, 2.45) is 0 Å². The van der Waals surface area contributed by atoms with Gasteiger partial charge in [-0.2, -0.15) is 0 Å². The second-order valence-electron chi connectivity index (χ2n) is 8.62. The largest absolute Gasteiger partial charge is 0.300 e. The van der Waals surface area contributed by atoms with Crippen molar-refractivity contribution in [3.63, 3.8) is 0 Å². The van der Waals surface area contributed by atoms with Gasteiger partial charge >= 0.3 is 0 Å². The van der Waals surface area contributed by atoms with E-state index in [-0.39, 0.29) is 36.5 Å². The first-order chi connectivity index (χ1) is 17.6. The van der Waals surface area contributed by atoms with Crippen molar-refractivity contribution in [2.75, 3.05) is 10.6 Å². The van der Waals surface area contributed by atoms with E-state index in [1.165, 1.54) is 22.7 Å². The zero-order valence-electron chi connectivity index (χ0n) is 19.3. The Hall–Kier alpha value is -3.64. The molecule has 1 saturated carbocycles. The summed E-state index contributed by atoms with van der Waals surface area (Å²) in [5, 5.41) is 25.6. The van der Waals surface area contributed by atoms with E-state index in [4.69, 9.17) is 0 Å². The predicted octanol–water partition coefficient (Wildman–Crippen LogP) is 3.98. The van der Waals surface area contributed by atoms with Gasteiger partial charge in [0.2, 0.25) is 22.1 Å². The number of pyridine rings is 2. The van der Waals surface area contributed by atoms with Crippen molar-refractivity contribution in [2.45, 2.75) is 50.4 Å². The summed E-state index contributed by atoms with van der Waals surface area (Å²) in [5.74, 6) is 0.217. The lowest BCUT2D eigenvalue weighted by atomic mass is 9.82. The molecule has 1 aliphatic rings. The summed E-state index contributed by atoms with van der Waals surface area (Å²) in [6.45, 7) is 0. The van der Waals surface area contributed by atoms with Gasteiger partial charge in [-0.15, -0.1) is 20.4 Å². The fourth-order valence-electron chi connectivity index (χ4n) is 4.24. The standard InChI is InChI=1S/C24H24N8O2S2/c33-19(10-15-4-2-8-25-13-15)27-23-31-29-21(35-23)17-6-1-7-18(12-17)22-30-32-24(36-22)28-20(34)11-16-5-3-9-26-14-16/h2-5,8-9,13-14,17-18H,1,6-7,10-12H2,(H,27,31,33)(H,28,32,34)/t17-,18-/m1/s1. The number of amides is 2. The Kier molecular flexibility index (Phi) is 7.62. The molecule has 1 aliphatic carbocycles. The number of nitrogens with one attached hydrogen (secondary N) is 2. The lowest BCUT2D eigenvalue weighted by Gasteiger charge is -2.25. The molecular weight excluding hydrogens is 496 g/mol. The van der Waals surface area contributed by atoms with Crippen LogP contribution in [-0.4, -0.2) is 42.2 Å². The van der Waals surface area contributed by atoms with Crippen LogP contribution in [0.25, 0.3) is 0 Å². The molecule has 2 atom stereocenters. The van der Waals surface area contributed by atoms with Crippen molar-refractivity contribution >= 4 is 44.8 Å². The number of nitrogens with zero attached hydrogens (tertiary/aromatic N) is 6. The topological polar surface area (TPSA) is 136 Å². The quantitative estimate of drug-likeness (QED) is 0.356. The van der Waals surface area contributed by atoms with Gasteiger partial charge in [-0.25, -0.2) is 0 Å². The number of rotatable bonds is 8. The molecule has 5 rings (SSSR count). The zero-order chi connectivity index (χ0) is 24.7. The highest BCUT2D eigenvalue weighted by molar-refractivity contribution is 7.15. The molecule has 0 unspecified atom stereocenters. The summed E-state index contributed by atoms with van der Waals surface area (Å²) in [5.41, 5.74) is 1.69. The summed E-state index contributed by atoms with van der Waals surface area (Å²) < 4.78 is 0. The molecule has 0 radical (unpaired) electrons. The summed E-state index contributed by atoms with van der Waals surface area (Å²) in [4.78, 5) is 32.8. The SMILES string of the molecule is O=C(Cc1cccnc1)Nc1nnc([C@@H]2CCC[C@@H](c3nnc(NC(=O)Cc4cccnc4)s3)C2)s1. The Bertz CT molecular complexity index is 1210. The fourth-order valence-corrected chi connectivity index (χ4v) is 6.06. The molecule has 2 amide bonds. The Balaban J connectivity index is 1.15. The fraction of sp³-hybridized carbons (Fsp3) is 0.333. The Morgan fingerprint density at radius 2 is 1.28 bits per heavy atom. The van der Waals surface area contributed by atoms with Crippen LogP contribution >= 0.6 is 22.7 Å². The summed E-state index contributed by atoms with van der Waals surface area (Å²) in [7, 11) is 0. The van der Waals surface area contributed by atoms with Gasteiger partial charge in [-0.1, -0.05) is 41.2 Å². The minimum Gasteiger partial charge on any atom is -0.300 e. The summed E-state index contributed by atoms with van der Waals surface area (Å²) >= 11 is 2.85. The first-order valence-corrected chi connectivity index (χ1v) is 13.3. The lowest BCUT2D eigenvalue weighted by molar-refractivity contribution is -0.116. The highest BCUT2D eigenvalue weighted by Gasteiger charge is 2.29. The molecule has 10 nitrogen and oxygen atoms in total.